The Balaban J connectivity index is 4.57. The van der Waals surface area contributed by atoms with Crippen molar-refractivity contribution >= 4 is 27.0 Å². The van der Waals surface area contributed by atoms with Gasteiger partial charge in [-0.05, 0) is 0 Å². The van der Waals surface area contributed by atoms with Gasteiger partial charge in [-0.15, -0.1) is 0 Å². The van der Waals surface area contributed by atoms with E-state index in [0.717, 1.165) is 0 Å². The van der Waals surface area contributed by atoms with Gasteiger partial charge in [0.05, 0.1) is 0 Å². The molecule has 0 fully saturated rings. The summed E-state index contributed by atoms with van der Waals surface area (Å²) in [5, 5.41) is 0. The first-order chi connectivity index (χ1) is 20.7. The Labute approximate surface area is 280 Å². The van der Waals surface area contributed by atoms with Crippen molar-refractivity contribution < 1.29 is 0 Å². The van der Waals surface area contributed by atoms with Gasteiger partial charge in [0.1, 0.15) is 0 Å². The van der Waals surface area contributed by atoms with E-state index in [1.807, 2.05) is 0 Å². The zero-order valence-corrected chi connectivity index (χ0v) is 34.0. The van der Waals surface area contributed by atoms with Gasteiger partial charge < -0.3 is 0 Å². The van der Waals surface area contributed by atoms with Crippen LogP contribution in [0.15, 0.2) is 0 Å². The van der Waals surface area contributed by atoms with Crippen LogP contribution in [-0.2, 0) is 0 Å². The second-order valence-electron chi connectivity index (χ2n) is 14.0. The molecule has 0 aliphatic rings. The first-order valence-corrected chi connectivity index (χ1v) is 27.9. The fourth-order valence-electron chi connectivity index (χ4n) is 6.59. The minimum atomic E-state index is -0.222. The standard InChI is InChI=1S/C36H75S.C4H9.Sn/c1-4-7-10-13-16-19-22-25-28-31-34-37(35-32-29-26-23-20-17-14-11-8-5-2)36-33-30-27-24-21-18-15-12-9-6-3;1-3-4-2;/h4-36H2,1-3H3;1,3-4H2,2H3;/q+1;;-1. The van der Waals surface area contributed by atoms with Gasteiger partial charge in [-0.3, -0.25) is 0 Å². The van der Waals surface area contributed by atoms with Gasteiger partial charge in [-0.25, -0.2) is 0 Å². The van der Waals surface area contributed by atoms with Crippen LogP contribution in [0.4, 0.5) is 0 Å². The van der Waals surface area contributed by atoms with Crippen molar-refractivity contribution in [2.75, 3.05) is 17.3 Å². The molecule has 0 atom stereocenters. The first-order valence-electron chi connectivity index (χ1n) is 20.3. The Kier molecular flexibility index (Phi) is 37.6. The number of hydrogen-bond donors (Lipinski definition) is 0. The monoisotopic (exact) mass is 717 g/mol. The average Bonchev–Trinajstić information content (AvgIpc) is 3.00. The second kappa shape index (κ2) is 36.6. The summed E-state index contributed by atoms with van der Waals surface area (Å²) in [5.41, 5.74) is 0. The number of unbranched alkanes of at least 4 members (excludes halogenated alkanes) is 28. The third-order valence-electron chi connectivity index (χ3n) is 9.60. The third-order valence-corrected chi connectivity index (χ3v) is 26.9. The van der Waals surface area contributed by atoms with Crippen molar-refractivity contribution in [1.82, 2.24) is 0 Å². The Morgan fingerprint density at radius 2 is 0.476 bits per heavy atom. The van der Waals surface area contributed by atoms with Crippen molar-refractivity contribution in [3.63, 3.8) is 0 Å². The minimum absolute atomic E-state index is 0.212. The fraction of sp³-hybridized carbons (Fsp3) is 1.00. The van der Waals surface area contributed by atoms with Crippen molar-refractivity contribution in [1.29, 1.82) is 0 Å². The molecule has 0 aliphatic heterocycles. The molecule has 0 unspecified atom stereocenters. The summed E-state index contributed by atoms with van der Waals surface area (Å²) >= 11 is -0.212. The van der Waals surface area contributed by atoms with E-state index in [-0.39, 0.29) is 27.0 Å². The molecule has 42 heavy (non-hydrogen) atoms. The van der Waals surface area contributed by atoms with Gasteiger partial charge in [-0.1, -0.05) is 20.8 Å². The first kappa shape index (κ1) is 43.1. The molecule has 0 bridgehead atoms. The second-order valence-corrected chi connectivity index (χ2v) is 28.9. The summed E-state index contributed by atoms with van der Waals surface area (Å²) in [7, 11) is -0.222. The van der Waals surface area contributed by atoms with E-state index in [1.54, 1.807) is 66.6 Å². The van der Waals surface area contributed by atoms with Crippen molar-refractivity contribution in [2.45, 2.75) is 238 Å². The number of rotatable bonds is 37. The van der Waals surface area contributed by atoms with Gasteiger partial charge in [0.25, 0.3) is 0 Å². The van der Waals surface area contributed by atoms with E-state index in [4.69, 9.17) is 0 Å². The van der Waals surface area contributed by atoms with E-state index in [2.05, 4.69) is 27.7 Å². The summed E-state index contributed by atoms with van der Waals surface area (Å²) in [6.45, 7) is 9.44. The molecule has 0 amide bonds. The maximum absolute atomic E-state index is 2.43. The van der Waals surface area contributed by atoms with Gasteiger partial charge in [0, 0.05) is 0 Å². The van der Waals surface area contributed by atoms with Crippen molar-refractivity contribution in [3.05, 3.63) is 0 Å². The molecule has 254 valence electrons. The summed E-state index contributed by atoms with van der Waals surface area (Å²) in [6, 6.07) is 0. The zero-order valence-electron chi connectivity index (χ0n) is 30.4. The van der Waals surface area contributed by atoms with Gasteiger partial charge >= 0.3 is 261 Å². The molecule has 0 rings (SSSR count). The molecule has 0 aliphatic carbocycles. The van der Waals surface area contributed by atoms with E-state index >= 15 is 0 Å². The van der Waals surface area contributed by atoms with Crippen molar-refractivity contribution in [2.24, 2.45) is 0 Å². The fourth-order valence-corrected chi connectivity index (χ4v) is 23.8. The molecule has 0 aromatic rings. The van der Waals surface area contributed by atoms with Crippen molar-refractivity contribution in [3.8, 4) is 0 Å². The average molecular weight is 716 g/mol. The molecule has 0 aromatic carbocycles. The Hall–Kier alpha value is 1.15. The van der Waals surface area contributed by atoms with Gasteiger partial charge in [-0.2, -0.15) is 0 Å². The molecule has 0 saturated heterocycles. The molecule has 0 N–H and O–H groups in total. The molecular formula is C40H84SSn. The van der Waals surface area contributed by atoms with Crippen LogP contribution >= 0.6 is 7.21 Å². The predicted molar refractivity (Wildman–Crippen MR) is 203 cm³/mol. The Morgan fingerprint density at radius 1 is 0.262 bits per heavy atom. The SMILES string of the molecule is CCCCCCCCCCCC[S](CCCCCCCCCCCC)(CCCCCCCCCCCC)[Sn][CH2]CCC. The van der Waals surface area contributed by atoms with E-state index in [1.165, 1.54) is 161 Å². The molecule has 0 saturated carbocycles. The third kappa shape index (κ3) is 31.1. The Bertz CT molecular complexity index is 418. The molecular weight excluding hydrogens is 631 g/mol. The van der Waals surface area contributed by atoms with Crippen LogP contribution in [-0.4, -0.2) is 37.0 Å². The van der Waals surface area contributed by atoms with Crippen LogP contribution in [0.5, 0.6) is 0 Å². The van der Waals surface area contributed by atoms with E-state index < -0.39 is 0 Å². The van der Waals surface area contributed by atoms with Crippen LogP contribution in [0.25, 0.3) is 0 Å². The van der Waals surface area contributed by atoms with Crippen LogP contribution < -0.4 is 0 Å². The summed E-state index contributed by atoms with van der Waals surface area (Å²) in [4.78, 5) is 0. The number of hydrogen-bond acceptors (Lipinski definition) is 0. The molecule has 0 nitrogen and oxygen atoms in total. The van der Waals surface area contributed by atoms with E-state index in [9.17, 15) is 0 Å². The topological polar surface area (TPSA) is 0 Å². The van der Waals surface area contributed by atoms with Gasteiger partial charge in [0.15, 0.2) is 0 Å². The predicted octanol–water partition coefficient (Wildman–Crippen LogP) is 15.4. The summed E-state index contributed by atoms with van der Waals surface area (Å²) in [5.74, 6) is 5.11. The van der Waals surface area contributed by atoms with Crippen LogP contribution in [0.2, 0.25) is 4.44 Å². The zero-order chi connectivity index (χ0) is 30.7. The summed E-state index contributed by atoms with van der Waals surface area (Å²) < 4.78 is 1.70. The molecule has 0 spiro atoms. The molecule has 0 heterocycles. The van der Waals surface area contributed by atoms with Gasteiger partial charge in [0.2, 0.25) is 0 Å². The normalized spacial score (nSPS) is 12.4. The molecule has 2 radical (unpaired) electrons. The summed E-state index contributed by atoms with van der Waals surface area (Å²) in [6.07, 6.45) is 47.9. The van der Waals surface area contributed by atoms with Crippen LogP contribution in [0.3, 0.4) is 0 Å². The van der Waals surface area contributed by atoms with Crippen LogP contribution in [0.1, 0.15) is 233 Å². The van der Waals surface area contributed by atoms with Crippen LogP contribution in [0, 0.1) is 0 Å². The molecule has 2 heteroatoms. The van der Waals surface area contributed by atoms with E-state index in [0.29, 0.717) is 0 Å². The Morgan fingerprint density at radius 3 is 0.714 bits per heavy atom. The maximum atomic E-state index is 2.43. The quantitative estimate of drug-likeness (QED) is 0.0444. The molecule has 0 aromatic heterocycles.